The van der Waals surface area contributed by atoms with Crippen LogP contribution in [-0.4, -0.2) is 57.8 Å². The van der Waals surface area contributed by atoms with E-state index in [2.05, 4.69) is 31.9 Å². The van der Waals surface area contributed by atoms with E-state index < -0.39 is 0 Å². The number of hydrogen-bond acceptors (Lipinski definition) is 5. The van der Waals surface area contributed by atoms with Crippen molar-refractivity contribution < 1.29 is 9.53 Å². The number of piperidine rings is 1. The molecule has 3 rings (SSSR count). The topological polar surface area (TPSA) is 84.6 Å². The van der Waals surface area contributed by atoms with Crippen LogP contribution in [-0.2, 0) is 29.0 Å². The molecule has 0 amide bonds. The molecule has 1 N–H and O–H groups in total. The highest BCUT2D eigenvalue weighted by atomic mass is 16.5. The molecule has 3 heterocycles. The second-order valence-corrected chi connectivity index (χ2v) is 6.85. The third-order valence-electron chi connectivity index (χ3n) is 4.98. The number of rotatable bonds is 5. The maximum atomic E-state index is 12.1. The maximum Gasteiger partial charge on any atom is 0.310 e. The Kier molecular flexibility index (Phi) is 6.46. The third kappa shape index (κ3) is 4.34. The Morgan fingerprint density at radius 2 is 2.15 bits per heavy atom. The van der Waals surface area contributed by atoms with E-state index in [4.69, 9.17) is 9.73 Å². The largest absolute Gasteiger partial charge is 0.466 e. The van der Waals surface area contributed by atoms with E-state index in [-0.39, 0.29) is 11.9 Å². The number of esters is 1. The minimum Gasteiger partial charge on any atom is -0.466 e. The lowest BCUT2D eigenvalue weighted by atomic mass is 9.98. The van der Waals surface area contributed by atoms with Crippen LogP contribution in [0.5, 0.6) is 0 Å². The highest BCUT2D eigenvalue weighted by molar-refractivity contribution is 5.81. The molecular formula is C18H30N6O2. The van der Waals surface area contributed by atoms with Crippen molar-refractivity contribution in [1.82, 2.24) is 25.0 Å². The predicted molar refractivity (Wildman–Crippen MR) is 98.7 cm³/mol. The summed E-state index contributed by atoms with van der Waals surface area (Å²) < 4.78 is 7.41. The molecule has 8 nitrogen and oxygen atoms in total. The van der Waals surface area contributed by atoms with Gasteiger partial charge >= 0.3 is 5.97 Å². The molecule has 0 radical (unpaired) electrons. The molecule has 0 saturated carbocycles. The molecule has 26 heavy (non-hydrogen) atoms. The molecule has 1 atom stereocenters. The van der Waals surface area contributed by atoms with Crippen molar-refractivity contribution in [3.8, 4) is 0 Å². The van der Waals surface area contributed by atoms with Gasteiger partial charge < -0.3 is 19.5 Å². The van der Waals surface area contributed by atoms with Gasteiger partial charge in [0.25, 0.3) is 0 Å². The van der Waals surface area contributed by atoms with Crippen LogP contribution in [0, 0.1) is 5.92 Å². The van der Waals surface area contributed by atoms with Crippen molar-refractivity contribution in [3.05, 3.63) is 11.6 Å². The van der Waals surface area contributed by atoms with Crippen LogP contribution in [0.25, 0.3) is 0 Å². The average Bonchev–Trinajstić information content (AvgIpc) is 3.08. The minimum atomic E-state index is -0.0976. The SMILES string of the molecule is CCNC(=NCc1nnc2n1CCCC2)N1CCCC(C(=O)OCC)C1. The number of nitrogens with one attached hydrogen (secondary N) is 1. The summed E-state index contributed by atoms with van der Waals surface area (Å²) in [5.74, 6) is 2.67. The molecule has 0 spiro atoms. The Hall–Kier alpha value is -2.12. The molecule has 2 aliphatic rings. The number of hydrogen-bond donors (Lipinski definition) is 1. The summed E-state index contributed by atoms with van der Waals surface area (Å²) in [7, 11) is 0. The van der Waals surface area contributed by atoms with E-state index >= 15 is 0 Å². The summed E-state index contributed by atoms with van der Waals surface area (Å²) in [5, 5.41) is 12.0. The van der Waals surface area contributed by atoms with Crippen molar-refractivity contribution in [1.29, 1.82) is 0 Å². The van der Waals surface area contributed by atoms with Gasteiger partial charge in [0, 0.05) is 32.6 Å². The summed E-state index contributed by atoms with van der Waals surface area (Å²) in [5.41, 5.74) is 0. The fraction of sp³-hybridized carbons (Fsp3) is 0.778. The first-order valence-corrected chi connectivity index (χ1v) is 9.83. The van der Waals surface area contributed by atoms with E-state index in [9.17, 15) is 4.79 Å². The summed E-state index contributed by atoms with van der Waals surface area (Å²) in [6.07, 6.45) is 5.22. The summed E-state index contributed by atoms with van der Waals surface area (Å²) in [4.78, 5) is 19.1. The lowest BCUT2D eigenvalue weighted by Crippen LogP contribution is -2.48. The van der Waals surface area contributed by atoms with Crippen LogP contribution in [0.4, 0.5) is 0 Å². The van der Waals surface area contributed by atoms with Crippen LogP contribution in [0.2, 0.25) is 0 Å². The first-order chi connectivity index (χ1) is 12.7. The fourth-order valence-corrected chi connectivity index (χ4v) is 3.68. The number of fused-ring (bicyclic) bond motifs is 1. The van der Waals surface area contributed by atoms with E-state index in [0.717, 1.165) is 56.5 Å². The number of aliphatic imine (C=N–C) groups is 1. The molecule has 1 fully saturated rings. The molecular weight excluding hydrogens is 332 g/mol. The highest BCUT2D eigenvalue weighted by Gasteiger charge is 2.28. The summed E-state index contributed by atoms with van der Waals surface area (Å²) >= 11 is 0. The summed E-state index contributed by atoms with van der Waals surface area (Å²) in [6, 6.07) is 0. The number of likely N-dealkylation sites (tertiary alicyclic amines) is 1. The Morgan fingerprint density at radius 3 is 2.96 bits per heavy atom. The van der Waals surface area contributed by atoms with Gasteiger partial charge in [0.05, 0.1) is 12.5 Å². The van der Waals surface area contributed by atoms with Gasteiger partial charge in [-0.1, -0.05) is 0 Å². The van der Waals surface area contributed by atoms with Gasteiger partial charge in [0.2, 0.25) is 0 Å². The fourth-order valence-electron chi connectivity index (χ4n) is 3.68. The molecule has 2 aliphatic heterocycles. The summed E-state index contributed by atoms with van der Waals surface area (Å²) in [6.45, 7) is 8.18. The van der Waals surface area contributed by atoms with Crippen molar-refractivity contribution in [2.75, 3.05) is 26.2 Å². The molecule has 0 aromatic carbocycles. The van der Waals surface area contributed by atoms with Crippen LogP contribution >= 0.6 is 0 Å². The zero-order valence-corrected chi connectivity index (χ0v) is 15.9. The van der Waals surface area contributed by atoms with E-state index in [1.54, 1.807) is 0 Å². The monoisotopic (exact) mass is 362 g/mol. The van der Waals surface area contributed by atoms with Crippen molar-refractivity contribution in [2.45, 2.75) is 59.0 Å². The third-order valence-corrected chi connectivity index (χ3v) is 4.98. The lowest BCUT2D eigenvalue weighted by molar-refractivity contribution is -0.149. The number of nitrogens with zero attached hydrogens (tertiary/aromatic N) is 5. The van der Waals surface area contributed by atoms with Gasteiger partial charge in [0.15, 0.2) is 11.8 Å². The molecule has 0 bridgehead atoms. The minimum absolute atomic E-state index is 0.0755. The smallest absolute Gasteiger partial charge is 0.310 e. The first kappa shape index (κ1) is 18.7. The van der Waals surface area contributed by atoms with E-state index in [1.165, 1.54) is 12.8 Å². The number of ether oxygens (including phenoxy) is 1. The molecule has 1 saturated heterocycles. The predicted octanol–water partition coefficient (Wildman–Crippen LogP) is 1.35. The Balaban J connectivity index is 1.68. The lowest BCUT2D eigenvalue weighted by Gasteiger charge is -2.34. The van der Waals surface area contributed by atoms with Gasteiger partial charge in [-0.25, -0.2) is 4.99 Å². The molecule has 1 unspecified atom stereocenters. The Bertz CT molecular complexity index is 642. The van der Waals surface area contributed by atoms with Crippen molar-refractivity contribution >= 4 is 11.9 Å². The van der Waals surface area contributed by atoms with Crippen molar-refractivity contribution in [2.24, 2.45) is 10.9 Å². The van der Waals surface area contributed by atoms with Gasteiger partial charge in [-0.05, 0) is 39.5 Å². The number of guanidine groups is 1. The van der Waals surface area contributed by atoms with Gasteiger partial charge in [-0.3, -0.25) is 4.79 Å². The zero-order valence-electron chi connectivity index (χ0n) is 15.9. The second-order valence-electron chi connectivity index (χ2n) is 6.85. The highest BCUT2D eigenvalue weighted by Crippen LogP contribution is 2.19. The normalized spacial score (nSPS) is 20.6. The van der Waals surface area contributed by atoms with E-state index in [0.29, 0.717) is 19.7 Å². The van der Waals surface area contributed by atoms with Crippen LogP contribution in [0.15, 0.2) is 4.99 Å². The molecule has 144 valence electrons. The van der Waals surface area contributed by atoms with Crippen molar-refractivity contribution in [3.63, 3.8) is 0 Å². The average molecular weight is 362 g/mol. The standard InChI is InChI=1S/C18H30N6O2/c1-3-19-18(23-10-7-8-14(13-23)17(25)26-4-2)20-12-16-22-21-15-9-5-6-11-24(15)16/h14H,3-13H2,1-2H3,(H,19,20). The number of carbonyl (C=O) groups excluding carboxylic acids is 1. The molecule has 8 heteroatoms. The van der Waals surface area contributed by atoms with Crippen LogP contribution < -0.4 is 5.32 Å². The number of carbonyl (C=O) groups is 1. The van der Waals surface area contributed by atoms with Gasteiger partial charge in [0.1, 0.15) is 12.4 Å². The Morgan fingerprint density at radius 1 is 1.27 bits per heavy atom. The second kappa shape index (κ2) is 9.00. The van der Waals surface area contributed by atoms with E-state index in [1.807, 2.05) is 6.92 Å². The van der Waals surface area contributed by atoms with Gasteiger partial charge in [-0.15, -0.1) is 10.2 Å². The molecule has 1 aromatic rings. The number of aromatic nitrogens is 3. The van der Waals surface area contributed by atoms with Crippen LogP contribution in [0.3, 0.4) is 0 Å². The quantitative estimate of drug-likeness (QED) is 0.484. The first-order valence-electron chi connectivity index (χ1n) is 9.83. The van der Waals surface area contributed by atoms with Crippen LogP contribution in [0.1, 0.15) is 51.2 Å². The Labute approximate surface area is 155 Å². The molecule has 1 aromatic heterocycles. The molecule has 0 aliphatic carbocycles. The number of aryl methyl sites for hydroxylation is 1. The zero-order chi connectivity index (χ0) is 18.4. The van der Waals surface area contributed by atoms with Gasteiger partial charge in [-0.2, -0.15) is 0 Å². The maximum absolute atomic E-state index is 12.1.